The second-order valence-corrected chi connectivity index (χ2v) is 4.74. The topological polar surface area (TPSA) is 34.0 Å². The highest BCUT2D eigenvalue weighted by atomic mass is 16.1. The zero-order valence-corrected chi connectivity index (χ0v) is 11.3. The minimum Gasteiger partial charge on any atom is -0.346 e. The third kappa shape index (κ3) is 2.40. The third-order valence-electron chi connectivity index (χ3n) is 3.21. The molecule has 0 aliphatic rings. The van der Waals surface area contributed by atoms with Crippen LogP contribution < -0.4 is 5.32 Å². The first kappa shape index (κ1) is 12.7. The summed E-state index contributed by atoms with van der Waals surface area (Å²) in [5.74, 6) is -0.0246. The summed E-state index contributed by atoms with van der Waals surface area (Å²) in [6.45, 7) is 6.83. The molecule has 0 bridgehead atoms. The smallest absolute Gasteiger partial charge is 0.221 e. The Morgan fingerprint density at radius 1 is 1.33 bits per heavy atom. The molecule has 2 aromatic rings. The minimum atomic E-state index is -0.0246. The molecule has 1 N–H and O–H groups in total. The van der Waals surface area contributed by atoms with Crippen molar-refractivity contribution in [3.8, 4) is 0 Å². The highest BCUT2D eigenvalue weighted by Gasteiger charge is 2.09. The summed E-state index contributed by atoms with van der Waals surface area (Å²) in [6, 6.07) is 6.17. The van der Waals surface area contributed by atoms with Gasteiger partial charge >= 0.3 is 0 Å². The van der Waals surface area contributed by atoms with Gasteiger partial charge in [0.05, 0.1) is 11.2 Å². The second kappa shape index (κ2) is 5.25. The third-order valence-corrected chi connectivity index (χ3v) is 3.21. The zero-order valence-electron chi connectivity index (χ0n) is 11.3. The van der Waals surface area contributed by atoms with Crippen LogP contribution >= 0.6 is 0 Å². The van der Waals surface area contributed by atoms with Gasteiger partial charge in [-0.1, -0.05) is 19.4 Å². The Morgan fingerprint density at radius 3 is 2.78 bits per heavy atom. The number of fused-ring (bicyclic) bond motifs is 1. The standard InChI is InChI=1S/C15H20N2O/c1-4-5-9-17-10-8-13-11(2)6-7-14(15(13)17)16-12(3)18/h6-8,10H,4-5,9H2,1-3H3,(H,16,18). The molecule has 0 aliphatic carbocycles. The quantitative estimate of drug-likeness (QED) is 0.874. The highest BCUT2D eigenvalue weighted by molar-refractivity contribution is 6.01. The number of hydrogen-bond donors (Lipinski definition) is 1. The molecule has 1 aromatic carbocycles. The van der Waals surface area contributed by atoms with Gasteiger partial charge in [0.25, 0.3) is 0 Å². The molecule has 0 radical (unpaired) electrons. The van der Waals surface area contributed by atoms with Crippen molar-refractivity contribution in [2.45, 2.75) is 40.2 Å². The normalized spacial score (nSPS) is 10.8. The molecule has 2 rings (SSSR count). The number of rotatable bonds is 4. The average molecular weight is 244 g/mol. The molecule has 3 nitrogen and oxygen atoms in total. The first-order valence-electron chi connectivity index (χ1n) is 6.49. The number of aromatic nitrogens is 1. The van der Waals surface area contributed by atoms with E-state index < -0.39 is 0 Å². The van der Waals surface area contributed by atoms with Crippen molar-refractivity contribution in [1.82, 2.24) is 4.57 Å². The SMILES string of the molecule is CCCCn1ccc2c(C)ccc(NC(C)=O)c21. The molecular formula is C15H20N2O. The van der Waals surface area contributed by atoms with Gasteiger partial charge < -0.3 is 9.88 Å². The van der Waals surface area contributed by atoms with E-state index in [2.05, 4.69) is 42.1 Å². The summed E-state index contributed by atoms with van der Waals surface area (Å²) in [5, 5.41) is 4.14. The van der Waals surface area contributed by atoms with E-state index in [-0.39, 0.29) is 5.91 Å². The minimum absolute atomic E-state index is 0.0246. The van der Waals surface area contributed by atoms with Gasteiger partial charge in [0.1, 0.15) is 0 Å². The van der Waals surface area contributed by atoms with Crippen LogP contribution in [-0.2, 0) is 11.3 Å². The van der Waals surface area contributed by atoms with Crippen LogP contribution in [0.25, 0.3) is 10.9 Å². The number of nitrogens with zero attached hydrogens (tertiary/aromatic N) is 1. The van der Waals surface area contributed by atoms with E-state index in [1.54, 1.807) is 6.92 Å². The van der Waals surface area contributed by atoms with Crippen LogP contribution in [0.3, 0.4) is 0 Å². The molecule has 1 heterocycles. The predicted molar refractivity (Wildman–Crippen MR) is 75.9 cm³/mol. The summed E-state index contributed by atoms with van der Waals surface area (Å²) in [4.78, 5) is 11.3. The number of carbonyl (C=O) groups excluding carboxylic acids is 1. The molecule has 1 aromatic heterocycles. The van der Waals surface area contributed by atoms with E-state index in [0.29, 0.717) is 0 Å². The number of benzene rings is 1. The summed E-state index contributed by atoms with van der Waals surface area (Å²) in [7, 11) is 0. The van der Waals surface area contributed by atoms with Gasteiger partial charge in [0.15, 0.2) is 0 Å². The zero-order chi connectivity index (χ0) is 13.1. The lowest BCUT2D eigenvalue weighted by molar-refractivity contribution is -0.114. The molecule has 0 unspecified atom stereocenters. The molecule has 1 amide bonds. The first-order chi connectivity index (χ1) is 8.63. The van der Waals surface area contributed by atoms with Crippen molar-refractivity contribution in [2.75, 3.05) is 5.32 Å². The van der Waals surface area contributed by atoms with Crippen LogP contribution in [0.1, 0.15) is 32.3 Å². The molecule has 0 spiro atoms. The summed E-state index contributed by atoms with van der Waals surface area (Å²) >= 11 is 0. The van der Waals surface area contributed by atoms with Crippen molar-refractivity contribution >= 4 is 22.5 Å². The van der Waals surface area contributed by atoms with Gasteiger partial charge in [-0.3, -0.25) is 4.79 Å². The van der Waals surface area contributed by atoms with Crippen molar-refractivity contribution in [3.05, 3.63) is 30.0 Å². The molecule has 0 aliphatic heterocycles. The Hall–Kier alpha value is -1.77. The largest absolute Gasteiger partial charge is 0.346 e. The molecule has 0 saturated heterocycles. The molecule has 0 saturated carbocycles. The van der Waals surface area contributed by atoms with Gasteiger partial charge in [0.2, 0.25) is 5.91 Å². The molecular weight excluding hydrogens is 224 g/mol. The summed E-state index contributed by atoms with van der Waals surface area (Å²) in [5.41, 5.74) is 3.29. The van der Waals surface area contributed by atoms with E-state index in [0.717, 1.165) is 24.2 Å². The van der Waals surface area contributed by atoms with Gasteiger partial charge in [-0.05, 0) is 31.0 Å². The molecule has 0 fully saturated rings. The van der Waals surface area contributed by atoms with Crippen molar-refractivity contribution in [2.24, 2.45) is 0 Å². The molecule has 96 valence electrons. The number of carbonyl (C=O) groups is 1. The molecule has 18 heavy (non-hydrogen) atoms. The fourth-order valence-corrected chi connectivity index (χ4v) is 2.27. The Balaban J connectivity index is 2.52. The predicted octanol–water partition coefficient (Wildman–Crippen LogP) is 3.71. The number of nitrogens with one attached hydrogen (secondary N) is 1. The molecule has 3 heteroatoms. The maximum absolute atomic E-state index is 11.3. The second-order valence-electron chi connectivity index (χ2n) is 4.74. The van der Waals surface area contributed by atoms with Crippen LogP contribution in [0.5, 0.6) is 0 Å². The van der Waals surface area contributed by atoms with Gasteiger partial charge in [-0.15, -0.1) is 0 Å². The lowest BCUT2D eigenvalue weighted by Gasteiger charge is -2.11. The Bertz CT molecular complexity index is 569. The maximum atomic E-state index is 11.3. The van der Waals surface area contributed by atoms with Gasteiger partial charge in [-0.2, -0.15) is 0 Å². The summed E-state index contributed by atoms with van der Waals surface area (Å²) in [6.07, 6.45) is 4.43. The Kier molecular flexibility index (Phi) is 3.70. The van der Waals surface area contributed by atoms with Crippen molar-refractivity contribution in [1.29, 1.82) is 0 Å². The van der Waals surface area contributed by atoms with Crippen molar-refractivity contribution in [3.63, 3.8) is 0 Å². The van der Waals surface area contributed by atoms with Crippen LogP contribution in [-0.4, -0.2) is 10.5 Å². The van der Waals surface area contributed by atoms with E-state index >= 15 is 0 Å². The first-order valence-corrected chi connectivity index (χ1v) is 6.49. The lowest BCUT2D eigenvalue weighted by Crippen LogP contribution is -2.08. The number of aryl methyl sites for hydroxylation is 2. The van der Waals surface area contributed by atoms with E-state index in [9.17, 15) is 4.79 Å². The number of anilines is 1. The van der Waals surface area contributed by atoms with Crippen LogP contribution in [0.4, 0.5) is 5.69 Å². The summed E-state index contributed by atoms with van der Waals surface area (Å²) < 4.78 is 2.23. The van der Waals surface area contributed by atoms with E-state index in [4.69, 9.17) is 0 Å². The van der Waals surface area contributed by atoms with Crippen LogP contribution in [0.2, 0.25) is 0 Å². The fraction of sp³-hybridized carbons (Fsp3) is 0.400. The van der Waals surface area contributed by atoms with Crippen LogP contribution in [0.15, 0.2) is 24.4 Å². The molecule has 0 atom stereocenters. The van der Waals surface area contributed by atoms with Crippen LogP contribution in [0, 0.1) is 6.92 Å². The maximum Gasteiger partial charge on any atom is 0.221 e. The highest BCUT2D eigenvalue weighted by Crippen LogP contribution is 2.28. The lowest BCUT2D eigenvalue weighted by atomic mass is 10.1. The van der Waals surface area contributed by atoms with E-state index in [1.807, 2.05) is 6.07 Å². The Labute approximate surface area is 108 Å². The number of unbranched alkanes of at least 4 members (excludes halogenated alkanes) is 1. The van der Waals surface area contributed by atoms with Gasteiger partial charge in [-0.25, -0.2) is 0 Å². The van der Waals surface area contributed by atoms with E-state index in [1.165, 1.54) is 17.4 Å². The Morgan fingerprint density at radius 2 is 2.11 bits per heavy atom. The average Bonchev–Trinajstić information content (AvgIpc) is 2.74. The van der Waals surface area contributed by atoms with Crippen molar-refractivity contribution < 1.29 is 4.79 Å². The monoisotopic (exact) mass is 244 g/mol. The fourth-order valence-electron chi connectivity index (χ4n) is 2.27. The number of amides is 1. The van der Waals surface area contributed by atoms with Gasteiger partial charge in [0, 0.05) is 25.1 Å². The number of hydrogen-bond acceptors (Lipinski definition) is 1.